The van der Waals surface area contributed by atoms with Gasteiger partial charge in [-0.05, 0) is 112 Å². The molecule has 28 heteroatoms. The summed E-state index contributed by atoms with van der Waals surface area (Å²) in [6, 6.07) is 0. The molecule has 18 N–H and O–H groups in total. The van der Waals surface area contributed by atoms with Crippen LogP contribution in [0, 0.1) is 45.3 Å². The molecule has 0 aromatic rings. The SMILES string of the molecule is CC(CCC(O[C@@H]1O[C@H](CO[C@@H]2O[C@H](CO)[C@@H](O)[C@H](O)[C@H]2O)[C@@H](O)[C@H](O)[C@H]1O[C@@H]1O[C@H](CO)[C@@H](O)[C@H](O)[C@H]1O)C(C)(C)O)C1CCC2(C)C3CC=C4C(CC[C@H](O[C@@H]5O[C@H](CO)[C@@H](O)[C@H](O)[C@H]5OC5O[C@H](CO)[C@@H](O)[C@H](O)[C@H]5O)C4(C)C)C3(C)CCC12C. The van der Waals surface area contributed by atoms with Crippen LogP contribution in [0.15, 0.2) is 11.6 Å². The minimum atomic E-state index is -1.93. The first-order valence-electron chi connectivity index (χ1n) is 31.5. The van der Waals surface area contributed by atoms with E-state index in [0.29, 0.717) is 12.8 Å². The molecule has 510 valence electrons. The predicted octanol–water partition coefficient (Wildman–Crippen LogP) is -4.38. The number of allylic oxidation sites excluding steroid dienone is 1. The number of rotatable bonds is 20. The summed E-state index contributed by atoms with van der Waals surface area (Å²) in [5.41, 5.74) is -1.33. The van der Waals surface area contributed by atoms with Gasteiger partial charge >= 0.3 is 0 Å². The van der Waals surface area contributed by atoms with Crippen molar-refractivity contribution in [1.82, 2.24) is 0 Å². The summed E-state index contributed by atoms with van der Waals surface area (Å²) in [5, 5.41) is 193. The second-order valence-corrected chi connectivity index (χ2v) is 28.6. The summed E-state index contributed by atoms with van der Waals surface area (Å²) >= 11 is 0. The topological polar surface area (TPSA) is 456 Å². The van der Waals surface area contributed by atoms with Gasteiger partial charge in [0.25, 0.3) is 0 Å². The Kier molecular flexibility index (Phi) is 22.1. The van der Waals surface area contributed by atoms with E-state index in [4.69, 9.17) is 47.4 Å². The quantitative estimate of drug-likeness (QED) is 0.0512. The van der Waals surface area contributed by atoms with E-state index in [1.165, 1.54) is 19.4 Å². The summed E-state index contributed by atoms with van der Waals surface area (Å²) in [6.07, 6.45) is -34.1. The second kappa shape index (κ2) is 27.4. The van der Waals surface area contributed by atoms with Crippen LogP contribution in [-0.2, 0) is 47.4 Å². The van der Waals surface area contributed by atoms with E-state index in [0.717, 1.165) is 38.5 Å². The lowest BCUT2D eigenvalue weighted by Gasteiger charge is -2.66. The van der Waals surface area contributed by atoms with Gasteiger partial charge in [0, 0.05) is 5.41 Å². The number of aliphatic hydroxyl groups is 18. The molecule has 4 aliphatic carbocycles. The Bertz CT molecular complexity index is 2310. The zero-order valence-corrected chi connectivity index (χ0v) is 51.5. The lowest BCUT2D eigenvalue weighted by atomic mass is 9.39. The van der Waals surface area contributed by atoms with E-state index in [-0.39, 0.29) is 46.3 Å². The Morgan fingerprint density at radius 1 is 0.500 bits per heavy atom. The first-order valence-corrected chi connectivity index (χ1v) is 31.5. The molecule has 0 aromatic carbocycles. The largest absolute Gasteiger partial charge is 0.394 e. The van der Waals surface area contributed by atoms with Crippen LogP contribution >= 0.6 is 0 Å². The molecule has 34 atom stereocenters. The average Bonchev–Trinajstić information content (AvgIpc) is 1.33. The van der Waals surface area contributed by atoms with Crippen molar-refractivity contribution < 1.29 is 139 Å². The van der Waals surface area contributed by atoms with Crippen molar-refractivity contribution in [2.45, 2.75) is 285 Å². The van der Waals surface area contributed by atoms with Crippen molar-refractivity contribution >= 4 is 0 Å². The van der Waals surface area contributed by atoms with Crippen molar-refractivity contribution in [3.63, 3.8) is 0 Å². The third-order valence-electron chi connectivity index (χ3n) is 22.8. The van der Waals surface area contributed by atoms with Crippen molar-refractivity contribution in [3.8, 4) is 0 Å². The van der Waals surface area contributed by atoms with E-state index in [2.05, 4.69) is 47.6 Å². The number of hydrogen-bond donors (Lipinski definition) is 18. The summed E-state index contributed by atoms with van der Waals surface area (Å²) in [5.74, 6) is 0.763. The lowest BCUT2D eigenvalue weighted by Crippen LogP contribution is -2.65. The summed E-state index contributed by atoms with van der Waals surface area (Å²) in [7, 11) is 0. The van der Waals surface area contributed by atoms with Crippen molar-refractivity contribution in [1.29, 1.82) is 0 Å². The van der Waals surface area contributed by atoms with Crippen LogP contribution < -0.4 is 0 Å². The Labute approximate surface area is 512 Å². The highest BCUT2D eigenvalue weighted by Crippen LogP contribution is 2.75. The van der Waals surface area contributed by atoms with Crippen LogP contribution in [0.5, 0.6) is 0 Å². The third-order valence-corrected chi connectivity index (χ3v) is 22.8. The number of fused-ring (bicyclic) bond motifs is 5. The molecule has 5 heterocycles. The fourth-order valence-corrected chi connectivity index (χ4v) is 17.1. The Morgan fingerprint density at radius 3 is 1.47 bits per heavy atom. The zero-order valence-electron chi connectivity index (χ0n) is 51.5. The summed E-state index contributed by atoms with van der Waals surface area (Å²) in [4.78, 5) is 0. The molecule has 0 radical (unpaired) electrons. The second-order valence-electron chi connectivity index (χ2n) is 28.6. The van der Waals surface area contributed by atoms with Crippen molar-refractivity contribution in [2.24, 2.45) is 45.3 Å². The molecule has 9 unspecified atom stereocenters. The standard InChI is InChI=1S/C60H102O28/c1-24(9-13-35(57(4,5)78)86-55-50(88-53-48(77)43(72)38(67)30(21-63)82-53)45(74)40(69)32(84-55)23-79-51-46(75)41(70)36(65)28(19-61)80-51)25-15-16-60(8)33-12-10-26-27(58(33,6)17-18-59(25,60)7)11-14-34(56(26,2)3)85-54-49(44(73)39(68)31(22-64)83-54)87-52-47(76)42(71)37(66)29(20-62)81-52/h10,24-25,27-55,61-78H,9,11-23H2,1-8H3/t24?,25?,27?,28-,29-,30-,31-,32-,33?,34+,35?,36-,37-,38-,39-,40-,41+,42+,43+,44+,45+,46-,47-,48-,49-,50-,51-,52?,53+,54+,55+,58?,59?,60?/m1/s1. The minimum absolute atomic E-state index is 0.0759. The van der Waals surface area contributed by atoms with E-state index in [9.17, 15) is 91.9 Å². The molecule has 0 amide bonds. The molecule has 8 fully saturated rings. The van der Waals surface area contributed by atoms with E-state index >= 15 is 0 Å². The molecule has 28 nitrogen and oxygen atoms in total. The Morgan fingerprint density at radius 2 is 0.955 bits per heavy atom. The predicted molar refractivity (Wildman–Crippen MR) is 299 cm³/mol. The molecule has 9 aliphatic rings. The van der Waals surface area contributed by atoms with Crippen LogP contribution in [0.1, 0.15) is 113 Å². The Hall–Kier alpha value is -1.38. The molecule has 9 rings (SSSR count). The normalized spacial score (nSPS) is 51.4. The minimum Gasteiger partial charge on any atom is -0.394 e. The van der Waals surface area contributed by atoms with Gasteiger partial charge in [-0.2, -0.15) is 0 Å². The van der Waals surface area contributed by atoms with Crippen LogP contribution in [0.4, 0.5) is 0 Å². The van der Waals surface area contributed by atoms with Gasteiger partial charge in [0.1, 0.15) is 122 Å². The van der Waals surface area contributed by atoms with Crippen LogP contribution in [0.2, 0.25) is 0 Å². The molecule has 0 spiro atoms. The van der Waals surface area contributed by atoms with Gasteiger partial charge in [0.2, 0.25) is 0 Å². The monoisotopic (exact) mass is 1270 g/mol. The first-order chi connectivity index (χ1) is 41.2. The maximum Gasteiger partial charge on any atom is 0.187 e. The smallest absolute Gasteiger partial charge is 0.187 e. The lowest BCUT2D eigenvalue weighted by molar-refractivity contribution is -0.380. The number of ether oxygens (including phenoxy) is 10. The molecule has 0 bridgehead atoms. The molecule has 5 aliphatic heterocycles. The first kappa shape index (κ1) is 70.9. The van der Waals surface area contributed by atoms with E-state index in [1.807, 2.05) is 0 Å². The highest BCUT2D eigenvalue weighted by Gasteiger charge is 2.68. The highest BCUT2D eigenvalue weighted by atomic mass is 16.8. The molecule has 88 heavy (non-hydrogen) atoms. The molecule has 5 saturated heterocycles. The molecular weight excluding hydrogens is 1170 g/mol. The number of aliphatic hydroxyl groups excluding tert-OH is 17. The molecular formula is C60H102O28. The van der Waals surface area contributed by atoms with Gasteiger partial charge in [-0.3, -0.25) is 0 Å². The fourth-order valence-electron chi connectivity index (χ4n) is 17.1. The van der Waals surface area contributed by atoms with Crippen LogP contribution in [-0.4, -0.2) is 296 Å². The summed E-state index contributed by atoms with van der Waals surface area (Å²) in [6.45, 7) is 13.2. The maximum absolute atomic E-state index is 11.9. The zero-order chi connectivity index (χ0) is 64.7. The fraction of sp³-hybridized carbons (Fsp3) is 0.967. The highest BCUT2D eigenvalue weighted by molar-refractivity contribution is 5.30. The average molecular weight is 1270 g/mol. The molecule has 0 aromatic heterocycles. The van der Waals surface area contributed by atoms with Crippen molar-refractivity contribution in [3.05, 3.63) is 11.6 Å². The van der Waals surface area contributed by atoms with Gasteiger partial charge in [-0.15, -0.1) is 0 Å². The van der Waals surface area contributed by atoms with Gasteiger partial charge in [0.05, 0.1) is 50.8 Å². The number of hydrogen-bond acceptors (Lipinski definition) is 28. The van der Waals surface area contributed by atoms with Gasteiger partial charge < -0.3 is 139 Å². The van der Waals surface area contributed by atoms with E-state index < -0.39 is 210 Å². The van der Waals surface area contributed by atoms with Crippen molar-refractivity contribution in [2.75, 3.05) is 33.0 Å². The third kappa shape index (κ3) is 12.8. The van der Waals surface area contributed by atoms with Gasteiger partial charge in [-0.1, -0.05) is 53.2 Å². The Balaban J connectivity index is 0.895. The maximum atomic E-state index is 11.9. The van der Waals surface area contributed by atoms with Gasteiger partial charge in [-0.25, -0.2) is 0 Å². The van der Waals surface area contributed by atoms with Crippen LogP contribution in [0.25, 0.3) is 0 Å². The van der Waals surface area contributed by atoms with E-state index in [1.54, 1.807) is 0 Å². The van der Waals surface area contributed by atoms with Crippen LogP contribution in [0.3, 0.4) is 0 Å². The van der Waals surface area contributed by atoms with Gasteiger partial charge in [0.15, 0.2) is 31.5 Å². The molecule has 3 saturated carbocycles. The summed E-state index contributed by atoms with van der Waals surface area (Å²) < 4.78 is 60.2.